The number of nitrogens with zero attached hydrogens (tertiary/aromatic N) is 2. The number of anilines is 4. The molecule has 0 aliphatic carbocycles. The first-order valence-electron chi connectivity index (χ1n) is 7.93. The zero-order valence-electron chi connectivity index (χ0n) is 14.6. The first kappa shape index (κ1) is 20.2. The fraction of sp³-hybridized carbons (Fsp3) is 0.0588. The van der Waals surface area contributed by atoms with Crippen LogP contribution in [-0.4, -0.2) is 18.4 Å². The van der Waals surface area contributed by atoms with Gasteiger partial charge in [-0.05, 0) is 37.3 Å². The van der Waals surface area contributed by atoms with Crippen molar-refractivity contribution in [3.63, 3.8) is 0 Å². The van der Waals surface area contributed by atoms with E-state index in [1.807, 2.05) is 6.92 Å². The lowest BCUT2D eigenvalue weighted by Crippen LogP contribution is -2.30. The van der Waals surface area contributed by atoms with Crippen LogP contribution in [0.25, 0.3) is 0 Å². The Bertz CT molecular complexity index is 1090. The zero-order chi connectivity index (χ0) is 20.3. The molecule has 1 heterocycles. The first-order valence-corrected chi connectivity index (χ1v) is 10.2. The Morgan fingerprint density at radius 2 is 1.57 bits per heavy atom. The number of hydrogen-bond acceptors (Lipinski definition) is 7. The largest absolute Gasteiger partial charge is 0.393 e. The van der Waals surface area contributed by atoms with E-state index in [1.54, 1.807) is 30.3 Å². The fourth-order valence-electron chi connectivity index (χ4n) is 2.25. The molecule has 146 valence electrons. The van der Waals surface area contributed by atoms with Crippen LogP contribution in [0.4, 0.5) is 23.0 Å². The highest BCUT2D eigenvalue weighted by Gasteiger charge is 2.15. The van der Waals surface area contributed by atoms with Crippen molar-refractivity contribution in [2.24, 2.45) is 0 Å². The summed E-state index contributed by atoms with van der Waals surface area (Å²) in [6, 6.07) is 11.3. The van der Waals surface area contributed by atoms with E-state index in [-0.39, 0.29) is 22.2 Å². The fourth-order valence-corrected chi connectivity index (χ4v) is 3.62. The molecule has 0 amide bonds. The third kappa shape index (κ3) is 4.82. The molecular weight excluding hydrogens is 423 g/mol. The second-order valence-electron chi connectivity index (χ2n) is 5.81. The summed E-state index contributed by atoms with van der Waals surface area (Å²) in [6.45, 7) is 1.87. The van der Waals surface area contributed by atoms with Crippen LogP contribution >= 0.6 is 23.2 Å². The van der Waals surface area contributed by atoms with Gasteiger partial charge in [-0.15, -0.1) is 4.83 Å². The Morgan fingerprint density at radius 3 is 2.21 bits per heavy atom. The monoisotopic (exact) mass is 438 g/mol. The van der Waals surface area contributed by atoms with Gasteiger partial charge in [0.1, 0.15) is 12.0 Å². The molecule has 11 heteroatoms. The van der Waals surface area contributed by atoms with Gasteiger partial charge in [0.25, 0.3) is 10.0 Å². The molecule has 0 aliphatic rings. The van der Waals surface area contributed by atoms with E-state index >= 15 is 0 Å². The molecule has 3 rings (SSSR count). The van der Waals surface area contributed by atoms with Crippen LogP contribution in [0.5, 0.6) is 0 Å². The Labute approximate surface area is 172 Å². The van der Waals surface area contributed by atoms with E-state index in [4.69, 9.17) is 28.9 Å². The van der Waals surface area contributed by atoms with E-state index in [1.165, 1.54) is 18.5 Å². The van der Waals surface area contributed by atoms with Gasteiger partial charge in [0.05, 0.1) is 4.90 Å². The van der Waals surface area contributed by atoms with Crippen molar-refractivity contribution in [1.82, 2.24) is 14.8 Å². The summed E-state index contributed by atoms with van der Waals surface area (Å²) >= 11 is 12.0. The number of benzene rings is 2. The number of nitrogens with two attached hydrogens (primary N) is 1. The molecule has 8 nitrogen and oxygen atoms in total. The van der Waals surface area contributed by atoms with Gasteiger partial charge in [-0.1, -0.05) is 40.9 Å². The smallest absolute Gasteiger partial charge is 0.257 e. The van der Waals surface area contributed by atoms with Crippen LogP contribution in [0.3, 0.4) is 0 Å². The minimum Gasteiger partial charge on any atom is -0.393 e. The van der Waals surface area contributed by atoms with Crippen LogP contribution in [0.15, 0.2) is 53.7 Å². The quantitative estimate of drug-likeness (QED) is 0.432. The molecular formula is C17H16Cl2N6O2S. The molecule has 3 aromatic rings. The van der Waals surface area contributed by atoms with Crippen LogP contribution < -0.4 is 21.3 Å². The standard InChI is InChI=1S/C17H16Cl2N6O2S/c1-10-2-4-14(5-3-10)28(26,27)25-24-17-15(20)16(21-9-22-17)23-13-7-11(18)6-12(19)8-13/h2-9,25H,20H2,1H3,(H2,21,22,23,24). The van der Waals surface area contributed by atoms with E-state index in [0.717, 1.165) is 5.56 Å². The third-order valence-electron chi connectivity index (χ3n) is 3.64. The minimum absolute atomic E-state index is 0.0845. The molecule has 0 fully saturated rings. The van der Waals surface area contributed by atoms with E-state index < -0.39 is 10.0 Å². The van der Waals surface area contributed by atoms with Gasteiger partial charge in [0, 0.05) is 15.7 Å². The normalized spacial score (nSPS) is 11.2. The van der Waals surface area contributed by atoms with Crippen LogP contribution in [0, 0.1) is 6.92 Å². The van der Waals surface area contributed by atoms with Crippen LogP contribution in [0.1, 0.15) is 5.56 Å². The van der Waals surface area contributed by atoms with Gasteiger partial charge in [0.2, 0.25) is 0 Å². The van der Waals surface area contributed by atoms with E-state index in [9.17, 15) is 8.42 Å². The number of aryl methyl sites for hydroxylation is 1. The number of halogens is 2. The number of hydrazine groups is 1. The number of hydrogen-bond donors (Lipinski definition) is 4. The number of rotatable bonds is 6. The average molecular weight is 439 g/mol. The second kappa shape index (κ2) is 8.19. The highest BCUT2D eigenvalue weighted by atomic mass is 35.5. The van der Waals surface area contributed by atoms with Crippen LogP contribution in [-0.2, 0) is 10.0 Å². The first-order chi connectivity index (χ1) is 13.2. The molecule has 0 unspecified atom stereocenters. The number of nitrogens with one attached hydrogen (secondary N) is 3. The summed E-state index contributed by atoms with van der Waals surface area (Å²) in [5.74, 6) is 0.340. The summed E-state index contributed by atoms with van der Waals surface area (Å²) in [5.41, 5.74) is 10.2. The van der Waals surface area contributed by atoms with Crippen molar-refractivity contribution in [3.05, 3.63) is 64.4 Å². The maximum atomic E-state index is 12.4. The van der Waals surface area contributed by atoms with E-state index in [0.29, 0.717) is 15.7 Å². The molecule has 5 N–H and O–H groups in total. The summed E-state index contributed by atoms with van der Waals surface area (Å²) in [4.78, 5) is 10.4. The van der Waals surface area contributed by atoms with Crippen molar-refractivity contribution in [2.45, 2.75) is 11.8 Å². The molecule has 0 radical (unpaired) electrons. The second-order valence-corrected chi connectivity index (χ2v) is 8.37. The highest BCUT2D eigenvalue weighted by Crippen LogP contribution is 2.29. The Hall–Kier alpha value is -2.59. The van der Waals surface area contributed by atoms with Crippen molar-refractivity contribution in [3.8, 4) is 0 Å². The molecule has 2 aromatic carbocycles. The predicted molar refractivity (Wildman–Crippen MR) is 111 cm³/mol. The van der Waals surface area contributed by atoms with E-state index in [2.05, 4.69) is 25.5 Å². The molecule has 28 heavy (non-hydrogen) atoms. The third-order valence-corrected chi connectivity index (χ3v) is 5.34. The van der Waals surface area contributed by atoms with Gasteiger partial charge >= 0.3 is 0 Å². The predicted octanol–water partition coefficient (Wildman–Crippen LogP) is 3.72. The van der Waals surface area contributed by atoms with Crippen molar-refractivity contribution < 1.29 is 8.42 Å². The number of aromatic nitrogens is 2. The molecule has 0 spiro atoms. The lowest BCUT2D eigenvalue weighted by molar-refractivity contribution is 0.587. The Morgan fingerprint density at radius 1 is 0.964 bits per heavy atom. The topological polar surface area (TPSA) is 122 Å². The highest BCUT2D eigenvalue weighted by molar-refractivity contribution is 7.89. The lowest BCUT2D eigenvalue weighted by Gasteiger charge is -2.14. The molecule has 0 saturated heterocycles. The van der Waals surface area contributed by atoms with Crippen molar-refractivity contribution in [1.29, 1.82) is 0 Å². The zero-order valence-corrected chi connectivity index (χ0v) is 16.9. The Balaban J connectivity index is 1.78. The SMILES string of the molecule is Cc1ccc(S(=O)(=O)NNc2ncnc(Nc3cc(Cl)cc(Cl)c3)c2N)cc1. The summed E-state index contributed by atoms with van der Waals surface area (Å²) in [6.07, 6.45) is 1.23. The maximum Gasteiger partial charge on any atom is 0.257 e. The molecule has 0 aliphatic heterocycles. The molecule has 0 saturated carbocycles. The van der Waals surface area contributed by atoms with Gasteiger partial charge in [-0.2, -0.15) is 0 Å². The lowest BCUT2D eigenvalue weighted by atomic mass is 10.2. The van der Waals surface area contributed by atoms with Gasteiger partial charge in [-0.25, -0.2) is 18.4 Å². The van der Waals surface area contributed by atoms with Gasteiger partial charge in [-0.3, -0.25) is 5.43 Å². The average Bonchev–Trinajstić information content (AvgIpc) is 2.62. The Kier molecular flexibility index (Phi) is 5.90. The van der Waals surface area contributed by atoms with Crippen LogP contribution in [0.2, 0.25) is 10.0 Å². The van der Waals surface area contributed by atoms with Gasteiger partial charge in [0.15, 0.2) is 11.6 Å². The van der Waals surface area contributed by atoms with Crippen molar-refractivity contribution in [2.75, 3.05) is 16.5 Å². The summed E-state index contributed by atoms with van der Waals surface area (Å²) in [5, 5.41) is 3.84. The maximum absolute atomic E-state index is 12.4. The molecule has 0 atom stereocenters. The summed E-state index contributed by atoms with van der Waals surface area (Å²) in [7, 11) is -3.81. The molecule has 1 aromatic heterocycles. The number of sulfonamides is 1. The van der Waals surface area contributed by atoms with Gasteiger partial charge < -0.3 is 11.1 Å². The van der Waals surface area contributed by atoms with Crippen molar-refractivity contribution >= 4 is 56.2 Å². The minimum atomic E-state index is -3.81. The number of nitrogen functional groups attached to an aromatic ring is 1. The summed E-state index contributed by atoms with van der Waals surface area (Å²) < 4.78 is 24.8. The molecule has 0 bridgehead atoms.